The zero-order valence-electron chi connectivity index (χ0n) is 10.1. The van der Waals surface area contributed by atoms with Crippen molar-refractivity contribution in [2.75, 3.05) is 7.11 Å². The topological polar surface area (TPSA) is 52.3 Å². The van der Waals surface area contributed by atoms with Gasteiger partial charge in [0.25, 0.3) is 0 Å². The number of halogens is 1. The first kappa shape index (κ1) is 12.3. The summed E-state index contributed by atoms with van der Waals surface area (Å²) < 4.78 is 22.8. The monoisotopic (exact) mass is 249 g/mol. The van der Waals surface area contributed by atoms with Crippen LogP contribution in [0.25, 0.3) is 11.5 Å². The first-order chi connectivity index (χ1) is 8.60. The zero-order chi connectivity index (χ0) is 13.1. The average Bonchev–Trinajstić information content (AvgIpc) is 2.71. The molecule has 94 valence electrons. The largest absolute Gasteiger partial charge is 0.469 e. The summed E-state index contributed by atoms with van der Waals surface area (Å²) in [5.41, 5.74) is 1.19. The SMILES string of the molecule is COC(=O)Cc1nc(-c2ccc(F)cc2)oc1C. The molecule has 0 saturated heterocycles. The van der Waals surface area contributed by atoms with Gasteiger partial charge in [0.05, 0.1) is 19.2 Å². The first-order valence-corrected chi connectivity index (χ1v) is 5.39. The van der Waals surface area contributed by atoms with Gasteiger partial charge in [-0.3, -0.25) is 4.79 Å². The maximum atomic E-state index is 12.8. The van der Waals surface area contributed by atoms with Crippen LogP contribution in [0.1, 0.15) is 11.5 Å². The van der Waals surface area contributed by atoms with E-state index in [0.717, 1.165) is 0 Å². The van der Waals surface area contributed by atoms with Gasteiger partial charge in [-0.1, -0.05) is 0 Å². The van der Waals surface area contributed by atoms with Crippen LogP contribution in [0.5, 0.6) is 0 Å². The fourth-order valence-corrected chi connectivity index (χ4v) is 1.52. The predicted octanol–water partition coefficient (Wildman–Crippen LogP) is 2.50. The molecule has 0 amide bonds. The van der Waals surface area contributed by atoms with Gasteiger partial charge in [0.15, 0.2) is 0 Å². The number of aromatic nitrogens is 1. The van der Waals surface area contributed by atoms with Gasteiger partial charge in [-0.15, -0.1) is 0 Å². The van der Waals surface area contributed by atoms with Gasteiger partial charge >= 0.3 is 5.97 Å². The quantitative estimate of drug-likeness (QED) is 0.784. The molecule has 1 heterocycles. The predicted molar refractivity (Wildman–Crippen MR) is 62.4 cm³/mol. The van der Waals surface area contributed by atoms with E-state index in [1.807, 2.05) is 0 Å². The summed E-state index contributed by atoms with van der Waals surface area (Å²) in [6.07, 6.45) is 0.0625. The van der Waals surface area contributed by atoms with Crippen molar-refractivity contribution in [3.8, 4) is 11.5 Å². The van der Waals surface area contributed by atoms with E-state index >= 15 is 0 Å². The number of methoxy groups -OCH3 is 1. The highest BCUT2D eigenvalue weighted by Gasteiger charge is 2.14. The van der Waals surface area contributed by atoms with Crippen molar-refractivity contribution in [1.82, 2.24) is 4.98 Å². The van der Waals surface area contributed by atoms with Crippen LogP contribution in [0.3, 0.4) is 0 Å². The highest BCUT2D eigenvalue weighted by atomic mass is 19.1. The number of benzene rings is 1. The number of rotatable bonds is 3. The Labute approximate surface area is 103 Å². The molecule has 5 heteroatoms. The summed E-state index contributed by atoms with van der Waals surface area (Å²) in [4.78, 5) is 15.4. The second-order valence-corrected chi connectivity index (χ2v) is 3.78. The highest BCUT2D eigenvalue weighted by Crippen LogP contribution is 2.22. The molecule has 2 rings (SSSR count). The van der Waals surface area contributed by atoms with E-state index in [9.17, 15) is 9.18 Å². The van der Waals surface area contributed by atoms with Crippen molar-refractivity contribution in [3.05, 3.63) is 41.5 Å². The molecule has 0 radical (unpaired) electrons. The molecule has 0 aliphatic heterocycles. The first-order valence-electron chi connectivity index (χ1n) is 5.39. The summed E-state index contributed by atoms with van der Waals surface area (Å²) in [7, 11) is 1.32. The van der Waals surface area contributed by atoms with E-state index in [4.69, 9.17) is 4.42 Å². The Kier molecular flexibility index (Phi) is 3.41. The van der Waals surface area contributed by atoms with Gasteiger partial charge in [-0.25, -0.2) is 9.37 Å². The standard InChI is InChI=1S/C13H12FNO3/c1-8-11(7-12(16)17-2)15-13(18-8)9-3-5-10(14)6-4-9/h3-6H,7H2,1-2H3. The Morgan fingerprint density at radius 1 is 1.39 bits per heavy atom. The van der Waals surface area contributed by atoms with Crippen LogP contribution in [0.15, 0.2) is 28.7 Å². The van der Waals surface area contributed by atoms with Crippen molar-refractivity contribution in [2.45, 2.75) is 13.3 Å². The minimum atomic E-state index is -0.378. The number of nitrogens with zero attached hydrogens (tertiary/aromatic N) is 1. The molecule has 0 bridgehead atoms. The average molecular weight is 249 g/mol. The lowest BCUT2D eigenvalue weighted by molar-refractivity contribution is -0.139. The third-order valence-electron chi connectivity index (χ3n) is 2.52. The molecule has 0 N–H and O–H groups in total. The highest BCUT2D eigenvalue weighted by molar-refractivity contribution is 5.72. The van der Waals surface area contributed by atoms with E-state index in [0.29, 0.717) is 22.9 Å². The molecule has 0 unspecified atom stereocenters. The third kappa shape index (κ3) is 2.56. The maximum Gasteiger partial charge on any atom is 0.311 e. The zero-order valence-corrected chi connectivity index (χ0v) is 10.1. The number of hydrogen-bond acceptors (Lipinski definition) is 4. The number of aryl methyl sites for hydroxylation is 1. The van der Waals surface area contributed by atoms with Crippen molar-refractivity contribution in [2.24, 2.45) is 0 Å². The van der Waals surface area contributed by atoms with E-state index in [1.165, 1.54) is 19.2 Å². The molecule has 2 aromatic rings. The second kappa shape index (κ2) is 5.00. The Hall–Kier alpha value is -2.17. The van der Waals surface area contributed by atoms with Crippen LogP contribution in [-0.4, -0.2) is 18.1 Å². The van der Waals surface area contributed by atoms with Crippen LogP contribution in [0, 0.1) is 12.7 Å². The molecule has 1 aromatic carbocycles. The lowest BCUT2D eigenvalue weighted by atomic mass is 10.2. The number of oxazole rings is 1. The van der Waals surface area contributed by atoms with Crippen molar-refractivity contribution < 1.29 is 18.3 Å². The molecule has 0 atom stereocenters. The fourth-order valence-electron chi connectivity index (χ4n) is 1.52. The van der Waals surface area contributed by atoms with Gasteiger partial charge in [-0.05, 0) is 31.2 Å². The lowest BCUT2D eigenvalue weighted by Gasteiger charge is -1.95. The maximum absolute atomic E-state index is 12.8. The van der Waals surface area contributed by atoms with Gasteiger partial charge in [0.2, 0.25) is 5.89 Å². The smallest absolute Gasteiger partial charge is 0.311 e. The van der Waals surface area contributed by atoms with E-state index < -0.39 is 0 Å². The summed E-state index contributed by atoms with van der Waals surface area (Å²) >= 11 is 0. The summed E-state index contributed by atoms with van der Waals surface area (Å²) in [6, 6.07) is 5.80. The molecule has 0 spiro atoms. The van der Waals surface area contributed by atoms with E-state index in [2.05, 4.69) is 9.72 Å². The molecule has 18 heavy (non-hydrogen) atoms. The summed E-state index contributed by atoms with van der Waals surface area (Å²) in [6.45, 7) is 1.72. The van der Waals surface area contributed by atoms with Crippen molar-refractivity contribution in [3.63, 3.8) is 0 Å². The molecule has 1 aromatic heterocycles. The fraction of sp³-hybridized carbons (Fsp3) is 0.231. The third-order valence-corrected chi connectivity index (χ3v) is 2.52. The summed E-state index contributed by atoms with van der Waals surface area (Å²) in [5, 5.41) is 0. The number of ether oxygens (including phenoxy) is 1. The van der Waals surface area contributed by atoms with Gasteiger partial charge in [-0.2, -0.15) is 0 Å². The lowest BCUT2D eigenvalue weighted by Crippen LogP contribution is -2.05. The van der Waals surface area contributed by atoms with Gasteiger partial charge in [0, 0.05) is 5.56 Å². The van der Waals surface area contributed by atoms with Crippen LogP contribution in [0.4, 0.5) is 4.39 Å². The van der Waals surface area contributed by atoms with Crippen LogP contribution in [-0.2, 0) is 16.0 Å². The molecular weight excluding hydrogens is 237 g/mol. The summed E-state index contributed by atoms with van der Waals surface area (Å²) in [5.74, 6) is 0.222. The molecular formula is C13H12FNO3. The van der Waals surface area contributed by atoms with E-state index in [1.54, 1.807) is 19.1 Å². The van der Waals surface area contributed by atoms with Gasteiger partial charge < -0.3 is 9.15 Å². The number of esters is 1. The van der Waals surface area contributed by atoms with Crippen LogP contribution < -0.4 is 0 Å². The molecule has 0 fully saturated rings. The number of hydrogen-bond donors (Lipinski definition) is 0. The molecule has 0 aliphatic rings. The Balaban J connectivity index is 2.28. The van der Waals surface area contributed by atoms with Crippen LogP contribution >= 0.6 is 0 Å². The Morgan fingerprint density at radius 3 is 2.67 bits per heavy atom. The van der Waals surface area contributed by atoms with E-state index in [-0.39, 0.29) is 18.2 Å². The molecule has 0 saturated carbocycles. The van der Waals surface area contributed by atoms with Gasteiger partial charge in [0.1, 0.15) is 11.6 Å². The van der Waals surface area contributed by atoms with Crippen molar-refractivity contribution >= 4 is 5.97 Å². The Bertz CT molecular complexity index is 560. The second-order valence-electron chi connectivity index (χ2n) is 3.78. The minimum Gasteiger partial charge on any atom is -0.469 e. The molecule has 4 nitrogen and oxygen atoms in total. The van der Waals surface area contributed by atoms with Crippen LogP contribution in [0.2, 0.25) is 0 Å². The minimum absolute atomic E-state index is 0.0625. The van der Waals surface area contributed by atoms with Crippen molar-refractivity contribution in [1.29, 1.82) is 0 Å². The number of carbonyl (C=O) groups excluding carboxylic acids is 1. The Morgan fingerprint density at radius 2 is 2.06 bits per heavy atom. The molecule has 0 aliphatic carbocycles. The normalized spacial score (nSPS) is 10.4. The number of carbonyl (C=O) groups is 1.